The van der Waals surface area contributed by atoms with Crippen molar-refractivity contribution in [2.24, 2.45) is 0 Å². The number of halogens is 3. The molecule has 5 nitrogen and oxygen atoms in total. The number of benzene rings is 1. The van der Waals surface area contributed by atoms with E-state index in [1.165, 1.54) is 24.3 Å². The summed E-state index contributed by atoms with van der Waals surface area (Å²) in [6, 6.07) is 5.58. The maximum Gasteiger partial charge on any atom is 0.573 e. The van der Waals surface area contributed by atoms with Gasteiger partial charge in [0.05, 0.1) is 12.2 Å². The number of rotatable bonds is 5. The van der Waals surface area contributed by atoms with Gasteiger partial charge in [0.2, 0.25) is 5.91 Å². The molecule has 0 atom stereocenters. The SMILES string of the molecule is C=CC(=O)NCc1nc2c(c(-c3ccc(OC(F)(F)F)cc3)n1)CCC2.CC. The van der Waals surface area contributed by atoms with Gasteiger partial charge in [0.15, 0.2) is 0 Å². The number of hydrogen-bond donors (Lipinski definition) is 1. The van der Waals surface area contributed by atoms with Gasteiger partial charge in [-0.25, -0.2) is 9.97 Å². The van der Waals surface area contributed by atoms with E-state index in [1.807, 2.05) is 13.8 Å². The van der Waals surface area contributed by atoms with Gasteiger partial charge in [0, 0.05) is 16.8 Å². The molecule has 150 valence electrons. The molecule has 28 heavy (non-hydrogen) atoms. The van der Waals surface area contributed by atoms with Crippen molar-refractivity contribution in [1.29, 1.82) is 0 Å². The molecule has 0 saturated heterocycles. The summed E-state index contributed by atoms with van der Waals surface area (Å²) in [6.07, 6.45) is -1.01. The number of aryl methyl sites for hydroxylation is 1. The maximum atomic E-state index is 12.3. The van der Waals surface area contributed by atoms with Gasteiger partial charge in [-0.1, -0.05) is 20.4 Å². The fourth-order valence-corrected chi connectivity index (χ4v) is 2.85. The first kappa shape index (κ1) is 21.4. The average molecular weight is 393 g/mol. The summed E-state index contributed by atoms with van der Waals surface area (Å²) in [6.45, 7) is 7.54. The topological polar surface area (TPSA) is 64.1 Å². The molecule has 1 amide bonds. The Bertz CT molecular complexity index is 834. The number of alkyl halides is 3. The maximum absolute atomic E-state index is 12.3. The normalized spacial score (nSPS) is 12.5. The third-order valence-electron chi connectivity index (χ3n) is 3.95. The van der Waals surface area contributed by atoms with E-state index in [1.54, 1.807) is 0 Å². The Morgan fingerprint density at radius 1 is 1.21 bits per heavy atom. The Hall–Kier alpha value is -2.90. The Kier molecular flexibility index (Phi) is 7.14. The lowest BCUT2D eigenvalue weighted by Crippen LogP contribution is -2.22. The van der Waals surface area contributed by atoms with E-state index in [9.17, 15) is 18.0 Å². The van der Waals surface area contributed by atoms with Gasteiger partial charge in [0.1, 0.15) is 11.6 Å². The van der Waals surface area contributed by atoms with Crippen LogP contribution in [-0.2, 0) is 24.2 Å². The largest absolute Gasteiger partial charge is 0.573 e. The average Bonchev–Trinajstić information content (AvgIpc) is 3.15. The Morgan fingerprint density at radius 3 is 2.50 bits per heavy atom. The van der Waals surface area contributed by atoms with Gasteiger partial charge < -0.3 is 10.1 Å². The molecule has 1 heterocycles. The number of nitrogens with one attached hydrogen (secondary N) is 1. The number of amides is 1. The summed E-state index contributed by atoms with van der Waals surface area (Å²) in [5.74, 6) is -0.166. The van der Waals surface area contributed by atoms with Gasteiger partial charge in [-0.3, -0.25) is 4.79 Å². The minimum Gasteiger partial charge on any atom is -0.406 e. The second-order valence-corrected chi connectivity index (χ2v) is 5.76. The predicted molar refractivity (Wildman–Crippen MR) is 99.6 cm³/mol. The summed E-state index contributed by atoms with van der Waals surface area (Å²) < 4.78 is 40.8. The number of ether oxygens (including phenoxy) is 1. The van der Waals surface area contributed by atoms with E-state index in [0.717, 1.165) is 36.6 Å². The second kappa shape index (κ2) is 9.34. The van der Waals surface area contributed by atoms with Crippen LogP contribution in [-0.4, -0.2) is 22.2 Å². The highest BCUT2D eigenvalue weighted by Crippen LogP contribution is 2.32. The number of aromatic nitrogens is 2. The van der Waals surface area contributed by atoms with Crippen LogP contribution < -0.4 is 10.1 Å². The number of fused-ring (bicyclic) bond motifs is 1. The molecule has 0 fully saturated rings. The molecule has 1 N–H and O–H groups in total. The molecule has 1 aliphatic rings. The van der Waals surface area contributed by atoms with E-state index in [2.05, 4.69) is 26.6 Å². The van der Waals surface area contributed by atoms with Crippen molar-refractivity contribution in [3.63, 3.8) is 0 Å². The van der Waals surface area contributed by atoms with E-state index in [4.69, 9.17) is 0 Å². The molecule has 1 aromatic carbocycles. The van der Waals surface area contributed by atoms with Gasteiger partial charge >= 0.3 is 6.36 Å². The van der Waals surface area contributed by atoms with Crippen LogP contribution in [0.3, 0.4) is 0 Å². The van der Waals surface area contributed by atoms with Gasteiger partial charge in [-0.2, -0.15) is 0 Å². The summed E-state index contributed by atoms with van der Waals surface area (Å²) in [5, 5.41) is 2.63. The van der Waals surface area contributed by atoms with Gasteiger partial charge in [-0.05, 0) is 49.6 Å². The van der Waals surface area contributed by atoms with Gasteiger partial charge in [-0.15, -0.1) is 13.2 Å². The minimum atomic E-state index is -4.73. The third kappa shape index (κ3) is 5.55. The van der Waals surface area contributed by atoms with Crippen LogP contribution >= 0.6 is 0 Å². The molecule has 0 saturated carbocycles. The first-order valence-electron chi connectivity index (χ1n) is 9.01. The van der Waals surface area contributed by atoms with Crippen molar-refractivity contribution in [3.05, 3.63) is 54.0 Å². The fraction of sp³-hybridized carbons (Fsp3) is 0.350. The summed E-state index contributed by atoms with van der Waals surface area (Å²) >= 11 is 0. The minimum absolute atomic E-state index is 0.153. The zero-order chi connectivity index (χ0) is 20.7. The van der Waals surface area contributed by atoms with E-state index >= 15 is 0 Å². The number of hydrogen-bond acceptors (Lipinski definition) is 4. The third-order valence-corrected chi connectivity index (χ3v) is 3.95. The zero-order valence-corrected chi connectivity index (χ0v) is 15.8. The molecule has 2 aromatic rings. The first-order valence-corrected chi connectivity index (χ1v) is 9.01. The fourth-order valence-electron chi connectivity index (χ4n) is 2.85. The van der Waals surface area contributed by atoms with Crippen molar-refractivity contribution in [3.8, 4) is 17.0 Å². The van der Waals surface area contributed by atoms with Crippen LogP contribution in [0.25, 0.3) is 11.3 Å². The van der Waals surface area contributed by atoms with Crippen molar-refractivity contribution in [2.45, 2.75) is 46.0 Å². The molecule has 1 aliphatic carbocycles. The summed E-state index contributed by atoms with van der Waals surface area (Å²) in [7, 11) is 0. The van der Waals surface area contributed by atoms with Crippen LogP contribution in [0.2, 0.25) is 0 Å². The van der Waals surface area contributed by atoms with E-state index < -0.39 is 6.36 Å². The Labute approximate surface area is 161 Å². The molecule has 0 aliphatic heterocycles. The lowest BCUT2D eigenvalue weighted by atomic mass is 10.0. The second-order valence-electron chi connectivity index (χ2n) is 5.76. The van der Waals surface area contributed by atoms with Crippen molar-refractivity contribution < 1.29 is 22.7 Å². The van der Waals surface area contributed by atoms with Crippen LogP contribution in [0.5, 0.6) is 5.75 Å². The smallest absolute Gasteiger partial charge is 0.406 e. The lowest BCUT2D eigenvalue weighted by Gasteiger charge is -2.12. The van der Waals surface area contributed by atoms with Crippen LogP contribution in [0.1, 0.15) is 37.4 Å². The summed E-state index contributed by atoms with van der Waals surface area (Å²) in [5.41, 5.74) is 3.26. The first-order chi connectivity index (χ1) is 13.4. The number of carbonyl (C=O) groups is 1. The predicted octanol–water partition coefficient (Wildman–Crippen LogP) is 4.36. The van der Waals surface area contributed by atoms with Crippen LogP contribution in [0, 0.1) is 0 Å². The molecule has 0 spiro atoms. The molecule has 8 heteroatoms. The number of carbonyl (C=O) groups excluding carboxylic acids is 1. The molecule has 3 rings (SSSR count). The van der Waals surface area contributed by atoms with E-state index in [0.29, 0.717) is 17.1 Å². The van der Waals surface area contributed by atoms with Gasteiger partial charge in [0.25, 0.3) is 0 Å². The molecule has 0 radical (unpaired) electrons. The molecular weight excluding hydrogens is 371 g/mol. The zero-order valence-electron chi connectivity index (χ0n) is 15.8. The van der Waals surface area contributed by atoms with Crippen LogP contribution in [0.15, 0.2) is 36.9 Å². The quantitative estimate of drug-likeness (QED) is 0.767. The summed E-state index contributed by atoms with van der Waals surface area (Å²) in [4.78, 5) is 20.3. The standard InChI is InChI=1S/C18H16F3N3O2.C2H6/c1-2-16(25)22-10-15-23-14-5-3-4-13(14)17(24-15)11-6-8-12(9-7-11)26-18(19,20)21;1-2/h2,6-9H,1,3-5,10H2,(H,22,25);1-2H3. The monoisotopic (exact) mass is 393 g/mol. The van der Waals surface area contributed by atoms with Crippen molar-refractivity contribution in [1.82, 2.24) is 15.3 Å². The lowest BCUT2D eigenvalue weighted by molar-refractivity contribution is -0.274. The highest BCUT2D eigenvalue weighted by molar-refractivity contribution is 5.86. The Balaban J connectivity index is 0.00000136. The molecule has 1 aromatic heterocycles. The van der Waals surface area contributed by atoms with Crippen molar-refractivity contribution >= 4 is 5.91 Å². The highest BCUT2D eigenvalue weighted by atomic mass is 19.4. The highest BCUT2D eigenvalue weighted by Gasteiger charge is 2.31. The van der Waals surface area contributed by atoms with Crippen LogP contribution in [0.4, 0.5) is 13.2 Å². The number of nitrogens with zero attached hydrogens (tertiary/aromatic N) is 2. The Morgan fingerprint density at radius 2 is 1.89 bits per heavy atom. The van der Waals surface area contributed by atoms with E-state index in [-0.39, 0.29) is 18.2 Å². The molecule has 0 unspecified atom stereocenters. The van der Waals surface area contributed by atoms with Crippen molar-refractivity contribution in [2.75, 3.05) is 0 Å². The molecule has 0 bridgehead atoms. The molecular formula is C20H22F3N3O2.